The molecule has 0 aliphatic carbocycles. The fourth-order valence-corrected chi connectivity index (χ4v) is 2.47. The number of rotatable bonds is 9. The molecule has 0 fully saturated rings. The molecule has 0 spiro atoms. The molecule has 0 saturated heterocycles. The van der Waals surface area contributed by atoms with Crippen LogP contribution in [0.4, 0.5) is 0 Å². The Morgan fingerprint density at radius 3 is 2.28 bits per heavy atom. The van der Waals surface area contributed by atoms with Crippen LogP contribution in [0.25, 0.3) is 0 Å². The predicted octanol–water partition coefficient (Wildman–Crippen LogP) is 1.91. The van der Waals surface area contributed by atoms with E-state index in [9.17, 15) is 9.59 Å². The monoisotopic (exact) mass is 399 g/mol. The summed E-state index contributed by atoms with van der Waals surface area (Å²) in [6.45, 7) is 1.59. The summed E-state index contributed by atoms with van der Waals surface area (Å²) in [5.41, 5.74) is 3.90. The molecule has 0 aliphatic rings. The molecule has 2 aromatic carbocycles. The Morgan fingerprint density at radius 2 is 1.66 bits per heavy atom. The fourth-order valence-electron chi connectivity index (χ4n) is 2.47. The highest BCUT2D eigenvalue weighted by atomic mass is 16.5. The Bertz CT molecular complexity index is 865. The zero-order valence-corrected chi connectivity index (χ0v) is 16.9. The maximum Gasteiger partial charge on any atom is 0.262 e. The first-order valence-electron chi connectivity index (χ1n) is 8.94. The number of methoxy groups -OCH3 is 3. The van der Waals surface area contributed by atoms with Crippen molar-refractivity contribution in [2.75, 3.05) is 21.3 Å². The van der Waals surface area contributed by atoms with Crippen molar-refractivity contribution in [3.8, 4) is 17.2 Å². The van der Waals surface area contributed by atoms with Crippen LogP contribution in [-0.2, 0) is 16.0 Å². The van der Waals surface area contributed by atoms with Crippen LogP contribution in [0.2, 0.25) is 0 Å². The van der Waals surface area contributed by atoms with Gasteiger partial charge in [0.25, 0.3) is 5.91 Å². The van der Waals surface area contributed by atoms with Gasteiger partial charge >= 0.3 is 0 Å². The standard InChI is InChI=1S/C21H25N3O5/c1-14(23-20(25)11-15-5-8-17(27-2)9-6-15)21(26)24-22-13-16-7-10-18(28-3)12-19(16)29-4/h5-10,12-14H,11H2,1-4H3,(H,23,25)(H,24,26). The molecule has 2 amide bonds. The summed E-state index contributed by atoms with van der Waals surface area (Å²) in [5, 5.41) is 6.57. The van der Waals surface area contributed by atoms with Gasteiger partial charge in [0.2, 0.25) is 5.91 Å². The molecular formula is C21H25N3O5. The number of nitrogens with zero attached hydrogens (tertiary/aromatic N) is 1. The van der Waals surface area contributed by atoms with Crippen molar-refractivity contribution in [2.45, 2.75) is 19.4 Å². The maximum atomic E-state index is 12.2. The number of nitrogens with one attached hydrogen (secondary N) is 2. The summed E-state index contributed by atoms with van der Waals surface area (Å²) in [5.74, 6) is 1.23. The second kappa shape index (κ2) is 10.7. The molecule has 0 bridgehead atoms. The second-order valence-electron chi connectivity index (χ2n) is 6.16. The number of benzene rings is 2. The third-order valence-corrected chi connectivity index (χ3v) is 4.11. The van der Waals surface area contributed by atoms with Crippen LogP contribution < -0.4 is 25.0 Å². The van der Waals surface area contributed by atoms with Crippen molar-refractivity contribution < 1.29 is 23.8 Å². The number of hydrogen-bond donors (Lipinski definition) is 2. The predicted molar refractivity (Wildman–Crippen MR) is 110 cm³/mol. The Hall–Kier alpha value is -3.55. The summed E-state index contributed by atoms with van der Waals surface area (Å²) in [6, 6.07) is 11.6. The van der Waals surface area contributed by atoms with Crippen molar-refractivity contribution in [1.82, 2.24) is 10.7 Å². The van der Waals surface area contributed by atoms with Gasteiger partial charge in [-0.25, -0.2) is 5.43 Å². The molecule has 0 saturated carbocycles. The molecule has 2 rings (SSSR count). The van der Waals surface area contributed by atoms with Crippen molar-refractivity contribution in [3.05, 3.63) is 53.6 Å². The lowest BCUT2D eigenvalue weighted by atomic mass is 10.1. The zero-order chi connectivity index (χ0) is 21.2. The van der Waals surface area contributed by atoms with Crippen LogP contribution in [0.3, 0.4) is 0 Å². The fraction of sp³-hybridized carbons (Fsp3) is 0.286. The molecular weight excluding hydrogens is 374 g/mol. The van der Waals surface area contributed by atoms with Gasteiger partial charge in [0.1, 0.15) is 23.3 Å². The van der Waals surface area contributed by atoms with Crippen LogP contribution in [0.1, 0.15) is 18.1 Å². The second-order valence-corrected chi connectivity index (χ2v) is 6.16. The van der Waals surface area contributed by atoms with E-state index in [0.29, 0.717) is 22.8 Å². The van der Waals surface area contributed by atoms with E-state index in [-0.39, 0.29) is 12.3 Å². The summed E-state index contributed by atoms with van der Waals surface area (Å²) in [4.78, 5) is 24.3. The number of amides is 2. The number of carbonyl (C=O) groups excluding carboxylic acids is 2. The van der Waals surface area contributed by atoms with E-state index >= 15 is 0 Å². The number of hydrogen-bond acceptors (Lipinski definition) is 6. The normalized spacial score (nSPS) is 11.6. The van der Waals surface area contributed by atoms with Crippen molar-refractivity contribution in [3.63, 3.8) is 0 Å². The molecule has 0 radical (unpaired) electrons. The molecule has 1 atom stereocenters. The number of ether oxygens (including phenoxy) is 3. The lowest BCUT2D eigenvalue weighted by Crippen LogP contribution is -2.43. The van der Waals surface area contributed by atoms with Crippen molar-refractivity contribution in [1.29, 1.82) is 0 Å². The molecule has 8 nitrogen and oxygen atoms in total. The number of carbonyl (C=O) groups is 2. The molecule has 29 heavy (non-hydrogen) atoms. The van der Waals surface area contributed by atoms with Gasteiger partial charge in [-0.2, -0.15) is 5.10 Å². The highest BCUT2D eigenvalue weighted by molar-refractivity contribution is 5.89. The minimum Gasteiger partial charge on any atom is -0.497 e. The van der Waals surface area contributed by atoms with Gasteiger partial charge in [-0.3, -0.25) is 9.59 Å². The largest absolute Gasteiger partial charge is 0.497 e. The van der Waals surface area contributed by atoms with Crippen molar-refractivity contribution in [2.24, 2.45) is 5.10 Å². The molecule has 0 aliphatic heterocycles. The van der Waals surface area contributed by atoms with Gasteiger partial charge in [0.05, 0.1) is 34.0 Å². The summed E-state index contributed by atoms with van der Waals surface area (Å²) in [6.07, 6.45) is 1.62. The van der Waals surface area contributed by atoms with Gasteiger partial charge in [-0.1, -0.05) is 12.1 Å². The van der Waals surface area contributed by atoms with Crippen molar-refractivity contribution >= 4 is 18.0 Å². The topological polar surface area (TPSA) is 98.2 Å². The van der Waals surface area contributed by atoms with E-state index < -0.39 is 11.9 Å². The average Bonchev–Trinajstić information content (AvgIpc) is 2.74. The highest BCUT2D eigenvalue weighted by Crippen LogP contribution is 2.22. The van der Waals surface area contributed by atoms with E-state index in [1.54, 1.807) is 63.6 Å². The molecule has 154 valence electrons. The number of hydrazone groups is 1. The van der Waals surface area contributed by atoms with E-state index in [0.717, 1.165) is 5.56 Å². The van der Waals surface area contributed by atoms with Gasteiger partial charge in [-0.05, 0) is 36.8 Å². The Balaban J connectivity index is 1.86. The molecule has 0 aromatic heterocycles. The van der Waals surface area contributed by atoms with E-state index in [4.69, 9.17) is 14.2 Å². The Morgan fingerprint density at radius 1 is 1.00 bits per heavy atom. The van der Waals surface area contributed by atoms with Crippen LogP contribution in [-0.4, -0.2) is 45.4 Å². The molecule has 1 unspecified atom stereocenters. The van der Waals surface area contributed by atoms with E-state index in [2.05, 4.69) is 15.8 Å². The first-order chi connectivity index (χ1) is 14.0. The third kappa shape index (κ3) is 6.53. The lowest BCUT2D eigenvalue weighted by molar-refractivity contribution is -0.128. The summed E-state index contributed by atoms with van der Waals surface area (Å²) < 4.78 is 15.5. The average molecular weight is 399 g/mol. The Kier molecular flexibility index (Phi) is 8.02. The minimum atomic E-state index is -0.740. The van der Waals surface area contributed by atoms with Gasteiger partial charge in [0.15, 0.2) is 0 Å². The van der Waals surface area contributed by atoms with Gasteiger partial charge < -0.3 is 19.5 Å². The lowest BCUT2D eigenvalue weighted by Gasteiger charge is -2.12. The summed E-state index contributed by atoms with van der Waals surface area (Å²) in [7, 11) is 4.67. The SMILES string of the molecule is COc1ccc(CC(=O)NC(C)C(=O)NN=Cc2ccc(OC)cc2OC)cc1. The highest BCUT2D eigenvalue weighted by Gasteiger charge is 2.15. The molecule has 2 N–H and O–H groups in total. The Labute approximate surface area is 169 Å². The van der Waals surface area contributed by atoms with Gasteiger partial charge in [0, 0.05) is 11.6 Å². The third-order valence-electron chi connectivity index (χ3n) is 4.11. The first kappa shape index (κ1) is 21.7. The van der Waals surface area contributed by atoms with Crippen LogP contribution >= 0.6 is 0 Å². The van der Waals surface area contributed by atoms with E-state index in [1.807, 2.05) is 0 Å². The van der Waals surface area contributed by atoms with Crippen LogP contribution in [0, 0.1) is 0 Å². The first-order valence-corrected chi connectivity index (χ1v) is 8.94. The maximum absolute atomic E-state index is 12.2. The molecule has 0 heterocycles. The molecule has 2 aromatic rings. The summed E-state index contributed by atoms with van der Waals surface area (Å²) >= 11 is 0. The van der Waals surface area contributed by atoms with Crippen LogP contribution in [0.15, 0.2) is 47.6 Å². The minimum absolute atomic E-state index is 0.161. The van der Waals surface area contributed by atoms with E-state index in [1.165, 1.54) is 13.3 Å². The van der Waals surface area contributed by atoms with Gasteiger partial charge in [-0.15, -0.1) is 0 Å². The quantitative estimate of drug-likeness (QED) is 0.496. The smallest absolute Gasteiger partial charge is 0.262 e. The molecule has 8 heteroatoms. The van der Waals surface area contributed by atoms with Crippen LogP contribution in [0.5, 0.6) is 17.2 Å². The zero-order valence-electron chi connectivity index (χ0n) is 16.9.